The highest BCUT2D eigenvalue weighted by Crippen LogP contribution is 2.23. The molecule has 4 rings (SSSR count). The van der Waals surface area contributed by atoms with Crippen molar-refractivity contribution in [1.29, 1.82) is 0 Å². The second-order valence-electron chi connectivity index (χ2n) is 8.14. The lowest BCUT2D eigenvalue weighted by Gasteiger charge is -2.30. The molecule has 0 radical (unpaired) electrons. The number of hydrogen-bond donors (Lipinski definition) is 1. The molecule has 0 aliphatic carbocycles. The quantitative estimate of drug-likeness (QED) is 0.843. The van der Waals surface area contributed by atoms with E-state index in [1.807, 2.05) is 0 Å². The van der Waals surface area contributed by atoms with Crippen molar-refractivity contribution < 1.29 is 0 Å². The van der Waals surface area contributed by atoms with Crippen molar-refractivity contribution in [2.24, 2.45) is 0 Å². The Labute approximate surface area is 168 Å². The Morgan fingerprint density at radius 2 is 1.36 bits per heavy atom. The molecule has 2 aromatic rings. The summed E-state index contributed by atoms with van der Waals surface area (Å²) in [4.78, 5) is 19.1. The second kappa shape index (κ2) is 8.76. The molecule has 0 saturated carbocycles. The van der Waals surface area contributed by atoms with Crippen molar-refractivity contribution in [2.75, 3.05) is 41.3 Å². The van der Waals surface area contributed by atoms with Crippen LogP contribution in [0.2, 0.25) is 0 Å². The van der Waals surface area contributed by atoms with Crippen LogP contribution in [0.5, 0.6) is 0 Å². The minimum atomic E-state index is 0.691. The van der Waals surface area contributed by atoms with Crippen LogP contribution in [-0.2, 0) is 6.54 Å². The van der Waals surface area contributed by atoms with Gasteiger partial charge in [0.1, 0.15) is 0 Å². The van der Waals surface area contributed by atoms with Gasteiger partial charge in [0.25, 0.3) is 0 Å². The molecule has 28 heavy (non-hydrogen) atoms. The maximum Gasteiger partial charge on any atom is 0.231 e. The summed E-state index contributed by atoms with van der Waals surface area (Å²) in [6.45, 7) is 9.19. The fraction of sp³-hybridized carbons (Fsp3) is 0.591. The van der Waals surface area contributed by atoms with E-state index in [-0.39, 0.29) is 0 Å². The highest BCUT2D eigenvalue weighted by molar-refractivity contribution is 5.46. The Morgan fingerprint density at radius 3 is 1.89 bits per heavy atom. The number of piperidine rings is 2. The summed E-state index contributed by atoms with van der Waals surface area (Å²) in [6, 6.07) is 6.58. The predicted octanol–water partition coefficient (Wildman–Crippen LogP) is 4.08. The zero-order valence-electron chi connectivity index (χ0n) is 17.2. The van der Waals surface area contributed by atoms with Gasteiger partial charge in [-0.3, -0.25) is 0 Å². The molecule has 2 aliphatic rings. The summed E-state index contributed by atoms with van der Waals surface area (Å²) in [5, 5.41) is 3.46. The van der Waals surface area contributed by atoms with Crippen molar-refractivity contribution in [3.8, 4) is 0 Å². The summed E-state index contributed by atoms with van der Waals surface area (Å²) in [6.07, 6.45) is 7.48. The molecule has 2 saturated heterocycles. The first kappa shape index (κ1) is 19.0. The van der Waals surface area contributed by atoms with Crippen molar-refractivity contribution in [3.63, 3.8) is 0 Å². The molecule has 3 heterocycles. The number of nitrogens with zero attached hydrogens (tertiary/aromatic N) is 5. The molecular formula is C22H32N6. The molecule has 6 nitrogen and oxygen atoms in total. The topological polar surface area (TPSA) is 57.2 Å². The number of aromatic nitrogens is 3. The predicted molar refractivity (Wildman–Crippen MR) is 115 cm³/mol. The minimum Gasteiger partial charge on any atom is -0.350 e. The number of hydrogen-bond acceptors (Lipinski definition) is 6. The van der Waals surface area contributed by atoms with E-state index in [9.17, 15) is 0 Å². The molecular weight excluding hydrogens is 348 g/mol. The second-order valence-corrected chi connectivity index (χ2v) is 8.14. The smallest absolute Gasteiger partial charge is 0.231 e. The third kappa shape index (κ3) is 4.54. The lowest BCUT2D eigenvalue weighted by molar-refractivity contribution is 0.556. The maximum absolute atomic E-state index is 4.85. The van der Waals surface area contributed by atoms with Crippen LogP contribution in [0, 0.1) is 13.8 Å². The van der Waals surface area contributed by atoms with Gasteiger partial charge >= 0.3 is 0 Å². The van der Waals surface area contributed by atoms with Gasteiger partial charge in [-0.25, -0.2) is 0 Å². The lowest BCUT2D eigenvalue weighted by Crippen LogP contribution is -2.34. The molecule has 2 fully saturated rings. The Balaban J connectivity index is 1.57. The summed E-state index contributed by atoms with van der Waals surface area (Å²) in [5.41, 5.74) is 3.88. The van der Waals surface area contributed by atoms with E-state index in [4.69, 9.17) is 15.0 Å². The van der Waals surface area contributed by atoms with Gasteiger partial charge in [0.05, 0.1) is 0 Å². The maximum atomic E-state index is 4.85. The van der Waals surface area contributed by atoms with Gasteiger partial charge in [0, 0.05) is 32.7 Å². The van der Waals surface area contributed by atoms with Crippen LogP contribution < -0.4 is 15.1 Å². The molecule has 1 aromatic heterocycles. The van der Waals surface area contributed by atoms with E-state index in [2.05, 4.69) is 47.2 Å². The van der Waals surface area contributed by atoms with E-state index < -0.39 is 0 Å². The molecule has 0 atom stereocenters. The third-order valence-electron chi connectivity index (χ3n) is 5.82. The number of rotatable bonds is 5. The van der Waals surface area contributed by atoms with Crippen LogP contribution in [0.15, 0.2) is 18.2 Å². The summed E-state index contributed by atoms with van der Waals surface area (Å²) < 4.78 is 0. The van der Waals surface area contributed by atoms with Crippen molar-refractivity contribution in [1.82, 2.24) is 15.0 Å². The van der Waals surface area contributed by atoms with Crippen molar-refractivity contribution in [2.45, 2.75) is 58.9 Å². The Bertz CT molecular complexity index is 757. The number of anilines is 3. The SMILES string of the molecule is Cc1ccc(CNc2nc(N3CCCCC3)nc(N3CCCCC3)n2)c(C)c1. The fourth-order valence-electron chi connectivity index (χ4n) is 4.12. The van der Waals surface area contributed by atoms with Crippen LogP contribution in [0.3, 0.4) is 0 Å². The Kier molecular flexibility index (Phi) is 5.93. The molecule has 6 heteroatoms. The van der Waals surface area contributed by atoms with Crippen LogP contribution in [0.1, 0.15) is 55.2 Å². The Hall–Kier alpha value is -2.37. The van der Waals surface area contributed by atoms with Crippen molar-refractivity contribution >= 4 is 17.8 Å². The highest BCUT2D eigenvalue weighted by atomic mass is 15.4. The first-order valence-electron chi connectivity index (χ1n) is 10.7. The van der Waals surface area contributed by atoms with Gasteiger partial charge in [-0.05, 0) is 63.5 Å². The van der Waals surface area contributed by atoms with Crippen LogP contribution in [0.4, 0.5) is 17.8 Å². The zero-order chi connectivity index (χ0) is 19.3. The molecule has 0 amide bonds. The third-order valence-corrected chi connectivity index (χ3v) is 5.82. The molecule has 2 aliphatic heterocycles. The number of benzene rings is 1. The standard InChI is InChI=1S/C22H32N6/c1-17-9-10-19(18(2)15-17)16-23-20-24-21(27-11-5-3-6-12-27)26-22(25-20)28-13-7-4-8-14-28/h9-10,15H,3-8,11-14,16H2,1-2H3,(H,23,24,25,26). The van der Waals surface area contributed by atoms with Gasteiger partial charge in [-0.15, -0.1) is 0 Å². The molecule has 0 bridgehead atoms. The van der Waals surface area contributed by atoms with E-state index in [0.29, 0.717) is 5.95 Å². The molecule has 0 spiro atoms. The van der Waals surface area contributed by atoms with E-state index in [1.54, 1.807) is 0 Å². The molecule has 0 unspecified atom stereocenters. The normalized spacial score (nSPS) is 17.6. The number of aryl methyl sites for hydroxylation is 2. The monoisotopic (exact) mass is 380 g/mol. The number of nitrogens with one attached hydrogen (secondary N) is 1. The summed E-state index contributed by atoms with van der Waals surface area (Å²) in [5.74, 6) is 2.35. The lowest BCUT2D eigenvalue weighted by atomic mass is 10.1. The fourth-order valence-corrected chi connectivity index (χ4v) is 4.12. The van der Waals surface area contributed by atoms with Gasteiger partial charge in [0.15, 0.2) is 0 Å². The first-order chi connectivity index (χ1) is 13.7. The van der Waals surface area contributed by atoms with Gasteiger partial charge in [-0.2, -0.15) is 15.0 Å². The molecule has 150 valence electrons. The average molecular weight is 381 g/mol. The van der Waals surface area contributed by atoms with E-state index in [0.717, 1.165) is 44.6 Å². The van der Waals surface area contributed by atoms with E-state index in [1.165, 1.54) is 55.2 Å². The van der Waals surface area contributed by atoms with Crippen LogP contribution in [0.25, 0.3) is 0 Å². The largest absolute Gasteiger partial charge is 0.350 e. The zero-order valence-corrected chi connectivity index (χ0v) is 17.2. The minimum absolute atomic E-state index is 0.691. The average Bonchev–Trinajstić information content (AvgIpc) is 2.74. The molecule has 1 aromatic carbocycles. The molecule has 1 N–H and O–H groups in total. The van der Waals surface area contributed by atoms with Gasteiger partial charge in [0.2, 0.25) is 17.8 Å². The van der Waals surface area contributed by atoms with Crippen LogP contribution in [-0.4, -0.2) is 41.1 Å². The highest BCUT2D eigenvalue weighted by Gasteiger charge is 2.20. The van der Waals surface area contributed by atoms with Crippen LogP contribution >= 0.6 is 0 Å². The van der Waals surface area contributed by atoms with E-state index >= 15 is 0 Å². The Morgan fingerprint density at radius 1 is 0.786 bits per heavy atom. The van der Waals surface area contributed by atoms with Gasteiger partial charge in [-0.1, -0.05) is 23.8 Å². The van der Waals surface area contributed by atoms with Crippen molar-refractivity contribution in [3.05, 3.63) is 34.9 Å². The summed E-state index contributed by atoms with van der Waals surface area (Å²) in [7, 11) is 0. The summed E-state index contributed by atoms with van der Waals surface area (Å²) >= 11 is 0. The first-order valence-corrected chi connectivity index (χ1v) is 10.7. The van der Waals surface area contributed by atoms with Gasteiger partial charge < -0.3 is 15.1 Å².